The fourth-order valence-corrected chi connectivity index (χ4v) is 0.833. The van der Waals surface area contributed by atoms with Crippen molar-refractivity contribution < 1.29 is 19.1 Å². The summed E-state index contributed by atoms with van der Waals surface area (Å²) in [5.41, 5.74) is 0. The zero-order chi connectivity index (χ0) is 12.0. The molecule has 0 aliphatic heterocycles. The summed E-state index contributed by atoms with van der Waals surface area (Å²) in [6, 6.07) is 0. The molecule has 0 radical (unpaired) electrons. The summed E-state index contributed by atoms with van der Waals surface area (Å²) in [4.78, 5) is 22.2. The summed E-state index contributed by atoms with van der Waals surface area (Å²) in [5.74, 6) is -1.39. The van der Waals surface area contributed by atoms with Gasteiger partial charge in [-0.25, -0.2) is 9.59 Å². The lowest BCUT2D eigenvalue weighted by atomic mass is 10.4. The normalized spacial score (nSPS) is 11.8. The van der Waals surface area contributed by atoms with Crippen molar-refractivity contribution in [2.75, 3.05) is 0 Å². The van der Waals surface area contributed by atoms with Crippen LogP contribution in [0.15, 0.2) is 11.1 Å². The lowest BCUT2D eigenvalue weighted by molar-refractivity contribution is -0.144. The molecule has 0 heterocycles. The molecule has 0 spiro atoms. The Kier molecular flexibility index (Phi) is 6.01. The summed E-state index contributed by atoms with van der Waals surface area (Å²) in [5, 5.41) is -0.283. The first-order valence-electron chi connectivity index (χ1n) is 4.61. The maximum absolute atomic E-state index is 11.1. The molecule has 0 saturated heterocycles. The van der Waals surface area contributed by atoms with Crippen LogP contribution in [-0.2, 0) is 19.1 Å². The molecule has 0 bridgehead atoms. The third-order valence-corrected chi connectivity index (χ3v) is 1.40. The quantitative estimate of drug-likeness (QED) is 0.552. The Morgan fingerprint density at radius 1 is 1.07 bits per heavy atom. The van der Waals surface area contributed by atoms with Crippen LogP contribution in [-0.4, -0.2) is 24.1 Å². The third kappa shape index (κ3) is 6.96. The Bertz CT molecular complexity index is 269. The highest BCUT2D eigenvalue weighted by molar-refractivity contribution is 6.42. The van der Waals surface area contributed by atoms with Crippen molar-refractivity contribution in [3.05, 3.63) is 11.1 Å². The highest BCUT2D eigenvalue weighted by Gasteiger charge is 2.13. The number of esters is 2. The van der Waals surface area contributed by atoms with E-state index in [0.29, 0.717) is 0 Å². The van der Waals surface area contributed by atoms with Crippen molar-refractivity contribution in [2.24, 2.45) is 0 Å². The van der Waals surface area contributed by atoms with E-state index in [0.717, 1.165) is 6.08 Å². The minimum Gasteiger partial charge on any atom is -0.460 e. The van der Waals surface area contributed by atoms with E-state index in [2.05, 4.69) is 0 Å². The van der Waals surface area contributed by atoms with Gasteiger partial charge in [-0.05, 0) is 27.7 Å². The first-order valence-corrected chi connectivity index (χ1v) is 4.99. The Morgan fingerprint density at radius 3 is 1.93 bits per heavy atom. The number of ether oxygens (including phenoxy) is 2. The molecule has 0 atom stereocenters. The second-order valence-corrected chi connectivity index (χ2v) is 3.84. The van der Waals surface area contributed by atoms with Crippen molar-refractivity contribution in [3.63, 3.8) is 0 Å². The minimum absolute atomic E-state index is 0.251. The summed E-state index contributed by atoms with van der Waals surface area (Å²) in [6.07, 6.45) is 0.381. The molecule has 0 aliphatic rings. The summed E-state index contributed by atoms with van der Waals surface area (Å²) < 4.78 is 9.54. The van der Waals surface area contributed by atoms with Crippen LogP contribution < -0.4 is 0 Å². The average molecular weight is 235 g/mol. The monoisotopic (exact) mass is 234 g/mol. The fraction of sp³-hybridized carbons (Fsp3) is 0.600. The molecular formula is C10H15ClO4. The largest absolute Gasteiger partial charge is 0.460 e. The second kappa shape index (κ2) is 6.45. The number of halogens is 1. The molecule has 0 unspecified atom stereocenters. The van der Waals surface area contributed by atoms with Crippen molar-refractivity contribution in [1.82, 2.24) is 0 Å². The molecule has 0 saturated carbocycles. The van der Waals surface area contributed by atoms with Crippen molar-refractivity contribution in [1.29, 1.82) is 0 Å². The Morgan fingerprint density at radius 2 is 1.53 bits per heavy atom. The van der Waals surface area contributed by atoms with E-state index in [1.807, 2.05) is 0 Å². The van der Waals surface area contributed by atoms with Crippen LogP contribution in [0.1, 0.15) is 27.7 Å². The van der Waals surface area contributed by atoms with Gasteiger partial charge in [0.25, 0.3) is 0 Å². The maximum atomic E-state index is 11.1. The van der Waals surface area contributed by atoms with Gasteiger partial charge in [-0.3, -0.25) is 0 Å². The first kappa shape index (κ1) is 14.0. The highest BCUT2D eigenvalue weighted by atomic mass is 35.5. The Labute approximate surface area is 94.2 Å². The first-order chi connectivity index (χ1) is 6.82. The van der Waals surface area contributed by atoms with Gasteiger partial charge in [0.1, 0.15) is 5.03 Å². The van der Waals surface area contributed by atoms with Gasteiger partial charge in [-0.2, -0.15) is 0 Å². The molecule has 15 heavy (non-hydrogen) atoms. The fourth-order valence-electron chi connectivity index (χ4n) is 0.699. The molecule has 0 N–H and O–H groups in total. The minimum atomic E-state index is -0.729. The van der Waals surface area contributed by atoms with E-state index in [-0.39, 0.29) is 17.2 Å². The van der Waals surface area contributed by atoms with Gasteiger partial charge in [0, 0.05) is 6.08 Å². The van der Waals surface area contributed by atoms with Gasteiger partial charge in [0.05, 0.1) is 12.2 Å². The van der Waals surface area contributed by atoms with Gasteiger partial charge in [0.15, 0.2) is 0 Å². The van der Waals surface area contributed by atoms with Crippen molar-refractivity contribution in [3.8, 4) is 0 Å². The molecule has 4 nitrogen and oxygen atoms in total. The lowest BCUT2D eigenvalue weighted by Crippen LogP contribution is -2.14. The van der Waals surface area contributed by atoms with Gasteiger partial charge in [-0.15, -0.1) is 0 Å². The second-order valence-electron chi connectivity index (χ2n) is 3.43. The van der Waals surface area contributed by atoms with Gasteiger partial charge in [-0.1, -0.05) is 11.6 Å². The lowest BCUT2D eigenvalue weighted by Gasteiger charge is -2.07. The summed E-state index contributed by atoms with van der Waals surface area (Å²) in [6.45, 7) is 6.78. The zero-order valence-corrected chi connectivity index (χ0v) is 10.00. The Hall–Kier alpha value is -1.03. The predicted molar refractivity (Wildman–Crippen MR) is 56.4 cm³/mol. The summed E-state index contributed by atoms with van der Waals surface area (Å²) >= 11 is 5.54. The molecule has 0 aromatic carbocycles. The topological polar surface area (TPSA) is 52.6 Å². The Balaban J connectivity index is 4.29. The SMILES string of the molecule is CC(C)OC(=O)C=C(Cl)C(=O)OC(C)C. The molecule has 0 amide bonds. The van der Waals surface area contributed by atoms with E-state index in [1.165, 1.54) is 0 Å². The number of rotatable bonds is 4. The average Bonchev–Trinajstić information content (AvgIpc) is 2.00. The van der Waals surface area contributed by atoms with Crippen molar-refractivity contribution in [2.45, 2.75) is 39.9 Å². The standard InChI is InChI=1S/C10H15ClO4/c1-6(2)14-9(12)5-8(11)10(13)15-7(3)4/h5-7H,1-4H3. The van der Waals surface area contributed by atoms with E-state index in [9.17, 15) is 9.59 Å². The van der Waals surface area contributed by atoms with Crippen molar-refractivity contribution >= 4 is 23.5 Å². The van der Waals surface area contributed by atoms with Crippen LogP contribution >= 0.6 is 11.6 Å². The van der Waals surface area contributed by atoms with Gasteiger partial charge >= 0.3 is 11.9 Å². The molecule has 0 fully saturated rings. The van der Waals surface area contributed by atoms with Crippen LogP contribution in [0.4, 0.5) is 0 Å². The molecule has 86 valence electrons. The molecule has 0 aliphatic carbocycles. The predicted octanol–water partition coefficient (Wildman–Crippen LogP) is 2.01. The molecular weight excluding hydrogens is 220 g/mol. The van der Waals surface area contributed by atoms with E-state index in [4.69, 9.17) is 21.1 Å². The molecule has 0 aromatic heterocycles. The van der Waals surface area contributed by atoms with Crippen LogP contribution in [0.2, 0.25) is 0 Å². The maximum Gasteiger partial charge on any atom is 0.350 e. The number of hydrogen-bond acceptors (Lipinski definition) is 4. The van der Waals surface area contributed by atoms with Crippen LogP contribution in [0.3, 0.4) is 0 Å². The smallest absolute Gasteiger partial charge is 0.350 e. The zero-order valence-electron chi connectivity index (χ0n) is 9.24. The molecule has 0 rings (SSSR count). The number of carbonyl (C=O) groups excluding carboxylic acids is 2. The van der Waals surface area contributed by atoms with E-state index < -0.39 is 11.9 Å². The number of carbonyl (C=O) groups is 2. The molecule has 5 heteroatoms. The van der Waals surface area contributed by atoms with Gasteiger partial charge in [0.2, 0.25) is 0 Å². The van der Waals surface area contributed by atoms with Crippen LogP contribution in [0, 0.1) is 0 Å². The van der Waals surface area contributed by atoms with Crippen LogP contribution in [0.5, 0.6) is 0 Å². The van der Waals surface area contributed by atoms with Crippen LogP contribution in [0.25, 0.3) is 0 Å². The third-order valence-electron chi connectivity index (χ3n) is 1.13. The number of hydrogen-bond donors (Lipinski definition) is 0. The van der Waals surface area contributed by atoms with Gasteiger partial charge < -0.3 is 9.47 Å². The van der Waals surface area contributed by atoms with E-state index in [1.54, 1.807) is 27.7 Å². The van der Waals surface area contributed by atoms with E-state index >= 15 is 0 Å². The highest BCUT2D eigenvalue weighted by Crippen LogP contribution is 2.07. The summed E-state index contributed by atoms with van der Waals surface area (Å²) in [7, 11) is 0. The molecule has 0 aromatic rings.